The Labute approximate surface area is 321 Å². The van der Waals surface area contributed by atoms with Crippen LogP contribution in [-0.4, -0.2) is 76.0 Å². The highest BCUT2D eigenvalue weighted by atomic mass is 19.1. The second-order valence-corrected chi connectivity index (χ2v) is 15.2. The SMILES string of the molecule is O=C1CCC(Nc2ccc(C3CCN(CCCCCCCCCNC(=O)c4cnn5ccc(N6CCCC6c6cc(F)ccc6F)nc45)CC3)cc2)C(=O)N1. The Morgan fingerprint density at radius 3 is 2.42 bits per heavy atom. The average molecular weight is 755 g/mol. The van der Waals surface area contributed by atoms with E-state index in [9.17, 15) is 23.2 Å². The van der Waals surface area contributed by atoms with Gasteiger partial charge >= 0.3 is 0 Å². The van der Waals surface area contributed by atoms with Crippen molar-refractivity contribution in [1.29, 1.82) is 0 Å². The lowest BCUT2D eigenvalue weighted by atomic mass is 9.89. The zero-order chi connectivity index (χ0) is 38.1. The second kappa shape index (κ2) is 18.1. The van der Waals surface area contributed by atoms with Crippen LogP contribution in [0.25, 0.3) is 5.65 Å². The van der Waals surface area contributed by atoms with Gasteiger partial charge in [-0.1, -0.05) is 44.2 Å². The van der Waals surface area contributed by atoms with Gasteiger partial charge in [0.05, 0.1) is 12.2 Å². The van der Waals surface area contributed by atoms with Gasteiger partial charge in [0.25, 0.3) is 5.91 Å². The Morgan fingerprint density at radius 1 is 0.873 bits per heavy atom. The van der Waals surface area contributed by atoms with E-state index in [4.69, 9.17) is 4.98 Å². The first-order chi connectivity index (χ1) is 26.8. The Kier molecular flexibility index (Phi) is 12.7. The summed E-state index contributed by atoms with van der Waals surface area (Å²) >= 11 is 0. The van der Waals surface area contributed by atoms with Crippen molar-refractivity contribution in [3.8, 4) is 0 Å². The minimum Gasteiger partial charge on any atom is -0.374 e. The van der Waals surface area contributed by atoms with Crippen molar-refractivity contribution < 1.29 is 23.2 Å². The molecule has 2 aromatic carbocycles. The van der Waals surface area contributed by atoms with E-state index in [1.165, 1.54) is 49.6 Å². The Hall–Kier alpha value is -4.91. The third kappa shape index (κ3) is 9.67. The fourth-order valence-electron chi connectivity index (χ4n) is 8.33. The highest BCUT2D eigenvalue weighted by Gasteiger charge is 2.31. The van der Waals surface area contributed by atoms with Crippen LogP contribution in [0.1, 0.15) is 117 Å². The molecule has 2 atom stereocenters. The second-order valence-electron chi connectivity index (χ2n) is 15.2. The summed E-state index contributed by atoms with van der Waals surface area (Å²) in [5, 5.41) is 13.0. The van der Waals surface area contributed by atoms with Crippen LogP contribution in [0.4, 0.5) is 20.3 Å². The van der Waals surface area contributed by atoms with Gasteiger partial charge in [0, 0.05) is 37.0 Å². The van der Waals surface area contributed by atoms with Crippen molar-refractivity contribution >= 4 is 34.9 Å². The number of rotatable bonds is 16. The molecule has 0 aliphatic carbocycles. The molecule has 3 aliphatic heterocycles. The molecule has 0 bridgehead atoms. The predicted molar refractivity (Wildman–Crippen MR) is 208 cm³/mol. The van der Waals surface area contributed by atoms with Crippen molar-refractivity contribution in [3.63, 3.8) is 0 Å². The Balaban J connectivity index is 0.751. The largest absolute Gasteiger partial charge is 0.374 e. The zero-order valence-electron chi connectivity index (χ0n) is 31.5. The molecule has 55 heavy (non-hydrogen) atoms. The molecule has 7 rings (SSSR count). The van der Waals surface area contributed by atoms with Gasteiger partial charge in [0.1, 0.15) is 29.1 Å². The number of nitrogens with one attached hydrogen (secondary N) is 3. The van der Waals surface area contributed by atoms with Crippen LogP contribution in [0.2, 0.25) is 0 Å². The van der Waals surface area contributed by atoms with Crippen LogP contribution in [0, 0.1) is 11.6 Å². The van der Waals surface area contributed by atoms with Crippen LogP contribution in [0.15, 0.2) is 60.9 Å². The molecule has 0 saturated carbocycles. The van der Waals surface area contributed by atoms with Crippen molar-refractivity contribution in [3.05, 3.63) is 89.2 Å². The summed E-state index contributed by atoms with van der Waals surface area (Å²) in [4.78, 5) is 45.9. The fraction of sp³-hybridized carbons (Fsp3) is 0.500. The lowest BCUT2D eigenvalue weighted by Crippen LogP contribution is -2.47. The molecular formula is C42H52F2N8O3. The number of carbonyl (C=O) groups excluding carboxylic acids is 3. The summed E-state index contributed by atoms with van der Waals surface area (Å²) in [6.07, 6.45) is 16.0. The number of piperidine rings is 2. The molecule has 0 spiro atoms. The molecule has 13 heteroatoms. The van der Waals surface area contributed by atoms with Crippen LogP contribution in [-0.2, 0) is 9.59 Å². The maximum atomic E-state index is 14.6. The van der Waals surface area contributed by atoms with E-state index >= 15 is 0 Å². The van der Waals surface area contributed by atoms with Crippen LogP contribution in [0.5, 0.6) is 0 Å². The summed E-state index contributed by atoms with van der Waals surface area (Å²) in [6, 6.07) is 13.1. The third-order valence-corrected chi connectivity index (χ3v) is 11.4. The molecule has 3 fully saturated rings. The first kappa shape index (κ1) is 38.4. The number of imide groups is 1. The lowest BCUT2D eigenvalue weighted by molar-refractivity contribution is -0.133. The van der Waals surface area contributed by atoms with E-state index < -0.39 is 11.6 Å². The average Bonchev–Trinajstić information content (AvgIpc) is 3.86. The summed E-state index contributed by atoms with van der Waals surface area (Å²) in [6.45, 7) is 4.64. The van der Waals surface area contributed by atoms with Gasteiger partial charge in [0.2, 0.25) is 11.8 Å². The van der Waals surface area contributed by atoms with E-state index in [-0.39, 0.29) is 29.8 Å². The van der Waals surface area contributed by atoms with Gasteiger partial charge in [-0.2, -0.15) is 5.10 Å². The zero-order valence-corrected chi connectivity index (χ0v) is 31.5. The number of anilines is 2. The predicted octanol–water partition coefficient (Wildman–Crippen LogP) is 6.91. The first-order valence-corrected chi connectivity index (χ1v) is 20.1. The number of aromatic nitrogens is 3. The van der Waals surface area contributed by atoms with E-state index in [1.807, 2.05) is 17.0 Å². The van der Waals surface area contributed by atoms with Crippen molar-refractivity contribution in [2.45, 2.75) is 101 Å². The molecule has 292 valence electrons. The topological polar surface area (TPSA) is 124 Å². The van der Waals surface area contributed by atoms with Gasteiger partial charge in [0.15, 0.2) is 5.65 Å². The number of halogens is 2. The van der Waals surface area contributed by atoms with E-state index in [0.717, 1.165) is 69.9 Å². The van der Waals surface area contributed by atoms with Gasteiger partial charge in [-0.3, -0.25) is 19.7 Å². The van der Waals surface area contributed by atoms with Crippen LogP contribution in [0.3, 0.4) is 0 Å². The van der Waals surface area contributed by atoms with Crippen LogP contribution < -0.4 is 20.9 Å². The first-order valence-electron chi connectivity index (χ1n) is 20.1. The summed E-state index contributed by atoms with van der Waals surface area (Å²) in [5.74, 6) is -0.391. The monoisotopic (exact) mass is 754 g/mol. The van der Waals surface area contributed by atoms with E-state index in [2.05, 4.69) is 38.1 Å². The van der Waals surface area contributed by atoms with Crippen LogP contribution >= 0.6 is 0 Å². The highest BCUT2D eigenvalue weighted by Crippen LogP contribution is 2.37. The van der Waals surface area contributed by atoms with Gasteiger partial charge < -0.3 is 20.4 Å². The van der Waals surface area contributed by atoms with Gasteiger partial charge in [-0.05, 0) is 112 Å². The molecule has 2 aromatic heterocycles. The number of nitrogens with zero attached hydrogens (tertiary/aromatic N) is 5. The molecule has 5 heterocycles. The number of amides is 3. The highest BCUT2D eigenvalue weighted by molar-refractivity contribution is 6.01. The fourth-order valence-corrected chi connectivity index (χ4v) is 8.33. The number of fused-ring (bicyclic) bond motifs is 1. The standard InChI is InChI=1S/C42H52F2N8O3/c43-31-12-15-35(44)33(27-31)37-9-8-23-51(37)38-20-26-52-40(48-38)34(28-46-52)41(54)45-21-6-4-2-1-3-5-7-22-50-24-18-30(19-25-50)29-10-13-32(14-11-29)47-36-16-17-39(53)49-42(36)55/h10-15,20,26-28,30,36-37,47H,1-9,16-19,21-25H2,(H,45,54)(H,49,53,55). The minimum absolute atomic E-state index is 0.201. The number of hydrogen-bond acceptors (Lipinski definition) is 8. The molecule has 4 aromatic rings. The third-order valence-electron chi connectivity index (χ3n) is 11.4. The normalized spacial score (nSPS) is 19.6. The van der Waals surface area contributed by atoms with E-state index in [1.54, 1.807) is 16.8 Å². The molecular weight excluding hydrogens is 703 g/mol. The number of unbranched alkanes of at least 4 members (excludes halogenated alkanes) is 6. The number of benzene rings is 2. The summed E-state index contributed by atoms with van der Waals surface area (Å²) < 4.78 is 30.2. The Bertz CT molecular complexity index is 1940. The smallest absolute Gasteiger partial charge is 0.256 e. The number of likely N-dealkylation sites (tertiary alicyclic amines) is 1. The number of carbonyl (C=O) groups is 3. The molecule has 11 nitrogen and oxygen atoms in total. The van der Waals surface area contributed by atoms with Crippen molar-refractivity contribution in [2.24, 2.45) is 0 Å². The van der Waals surface area contributed by atoms with Gasteiger partial charge in [-0.15, -0.1) is 0 Å². The van der Waals surface area contributed by atoms with Crippen molar-refractivity contribution in [1.82, 2.24) is 30.1 Å². The molecule has 3 amide bonds. The molecule has 2 unspecified atom stereocenters. The molecule has 3 aliphatic rings. The minimum atomic E-state index is -0.467. The summed E-state index contributed by atoms with van der Waals surface area (Å²) in [5.41, 5.74) is 3.42. The molecule has 3 saturated heterocycles. The maximum Gasteiger partial charge on any atom is 0.256 e. The summed E-state index contributed by atoms with van der Waals surface area (Å²) in [7, 11) is 0. The quantitative estimate of drug-likeness (QED) is 0.0834. The molecule has 0 radical (unpaired) electrons. The van der Waals surface area contributed by atoms with Gasteiger partial charge in [-0.25, -0.2) is 18.3 Å². The molecule has 3 N–H and O–H groups in total. The maximum absolute atomic E-state index is 14.6. The lowest BCUT2D eigenvalue weighted by Gasteiger charge is -2.32. The van der Waals surface area contributed by atoms with E-state index in [0.29, 0.717) is 60.9 Å². The van der Waals surface area contributed by atoms with Crippen molar-refractivity contribution in [2.75, 3.05) is 42.9 Å². The number of hydrogen-bond donors (Lipinski definition) is 3. The Morgan fingerprint density at radius 2 is 1.64 bits per heavy atom.